The zero-order valence-electron chi connectivity index (χ0n) is 21.1. The molecule has 2 aliphatic rings. The predicted octanol–water partition coefficient (Wildman–Crippen LogP) is 3.91. The molecule has 1 aromatic rings. The molecule has 0 saturated carbocycles. The molecule has 3 rings (SSSR count). The fourth-order valence-electron chi connectivity index (χ4n) is 4.25. The first kappa shape index (κ1) is 26.9. The highest BCUT2D eigenvalue weighted by atomic mass is 16.6. The van der Waals surface area contributed by atoms with E-state index in [1.807, 2.05) is 59.7 Å². The van der Waals surface area contributed by atoms with Crippen LogP contribution in [0.25, 0.3) is 0 Å². The zero-order chi connectivity index (χ0) is 24.6. The van der Waals surface area contributed by atoms with Crippen molar-refractivity contribution in [3.05, 3.63) is 35.9 Å². The number of nitrogens with zero attached hydrogens (tertiary/aromatic N) is 2. The van der Waals surface area contributed by atoms with Crippen LogP contribution in [0.1, 0.15) is 59.9 Å². The maximum atomic E-state index is 11.5. The Morgan fingerprint density at radius 2 is 1.82 bits per heavy atom. The lowest BCUT2D eigenvalue weighted by Gasteiger charge is -2.38. The SMILES string of the molecule is CC(C)(C)N(C(=O)O)C1CCN(Cc2ccccc2)C1.CC(C)(C)OC(=O)NC1CCNC1. The number of nitrogens with one attached hydrogen (secondary N) is 2. The number of carbonyl (C=O) groups is 2. The van der Waals surface area contributed by atoms with Gasteiger partial charge in [-0.2, -0.15) is 0 Å². The van der Waals surface area contributed by atoms with E-state index in [0.717, 1.165) is 45.6 Å². The van der Waals surface area contributed by atoms with E-state index in [2.05, 4.69) is 27.7 Å². The number of carbonyl (C=O) groups excluding carboxylic acids is 1. The van der Waals surface area contributed by atoms with Gasteiger partial charge in [-0.1, -0.05) is 30.3 Å². The second-order valence-electron chi connectivity index (χ2n) is 10.8. The van der Waals surface area contributed by atoms with Crippen molar-refractivity contribution in [3.63, 3.8) is 0 Å². The van der Waals surface area contributed by atoms with Gasteiger partial charge in [0, 0.05) is 43.8 Å². The molecule has 8 heteroatoms. The van der Waals surface area contributed by atoms with Gasteiger partial charge in [-0.3, -0.25) is 9.80 Å². The summed E-state index contributed by atoms with van der Waals surface area (Å²) in [6.07, 6.45) is 0.764. The van der Waals surface area contributed by atoms with Gasteiger partial charge >= 0.3 is 12.2 Å². The fourth-order valence-corrected chi connectivity index (χ4v) is 4.25. The summed E-state index contributed by atoms with van der Waals surface area (Å²) in [6, 6.07) is 10.7. The first-order valence-corrected chi connectivity index (χ1v) is 11.8. The summed E-state index contributed by atoms with van der Waals surface area (Å²) < 4.78 is 5.12. The Labute approximate surface area is 198 Å². The summed E-state index contributed by atoms with van der Waals surface area (Å²) in [4.78, 5) is 26.7. The van der Waals surface area contributed by atoms with E-state index in [-0.39, 0.29) is 23.7 Å². The van der Waals surface area contributed by atoms with Crippen LogP contribution in [0.2, 0.25) is 0 Å². The van der Waals surface area contributed by atoms with Crippen molar-refractivity contribution in [1.82, 2.24) is 20.4 Å². The maximum absolute atomic E-state index is 11.5. The molecular formula is C25H42N4O4. The lowest BCUT2D eigenvalue weighted by Crippen LogP contribution is -2.52. The van der Waals surface area contributed by atoms with E-state index in [9.17, 15) is 14.7 Å². The van der Waals surface area contributed by atoms with Gasteiger partial charge in [-0.05, 0) is 66.5 Å². The van der Waals surface area contributed by atoms with E-state index < -0.39 is 11.7 Å². The molecule has 0 radical (unpaired) electrons. The third-order valence-electron chi connectivity index (χ3n) is 5.57. The smallest absolute Gasteiger partial charge is 0.408 e. The first-order chi connectivity index (χ1) is 15.3. The van der Waals surface area contributed by atoms with E-state index >= 15 is 0 Å². The molecule has 33 heavy (non-hydrogen) atoms. The molecule has 2 heterocycles. The molecule has 2 atom stereocenters. The molecule has 2 amide bonds. The normalized spacial score (nSPS) is 21.2. The average Bonchev–Trinajstić information content (AvgIpc) is 3.32. The molecule has 3 N–H and O–H groups in total. The van der Waals surface area contributed by atoms with Crippen molar-refractivity contribution in [3.8, 4) is 0 Å². The number of carboxylic acid groups (broad SMARTS) is 1. The lowest BCUT2D eigenvalue weighted by atomic mass is 10.0. The van der Waals surface area contributed by atoms with Crippen molar-refractivity contribution in [2.24, 2.45) is 0 Å². The van der Waals surface area contributed by atoms with E-state index in [4.69, 9.17) is 4.74 Å². The molecule has 0 spiro atoms. The van der Waals surface area contributed by atoms with Gasteiger partial charge < -0.3 is 20.5 Å². The number of rotatable bonds is 4. The quantitative estimate of drug-likeness (QED) is 0.628. The Kier molecular flexibility index (Phi) is 9.55. The minimum atomic E-state index is -0.816. The molecule has 8 nitrogen and oxygen atoms in total. The van der Waals surface area contributed by atoms with Crippen LogP contribution in [0.4, 0.5) is 9.59 Å². The van der Waals surface area contributed by atoms with Crippen molar-refractivity contribution >= 4 is 12.2 Å². The predicted molar refractivity (Wildman–Crippen MR) is 130 cm³/mol. The lowest BCUT2D eigenvalue weighted by molar-refractivity contribution is 0.0508. The largest absolute Gasteiger partial charge is 0.465 e. The Morgan fingerprint density at radius 3 is 2.33 bits per heavy atom. The molecule has 0 aromatic heterocycles. The van der Waals surface area contributed by atoms with Crippen LogP contribution in [0.5, 0.6) is 0 Å². The molecule has 186 valence electrons. The summed E-state index contributed by atoms with van der Waals surface area (Å²) in [7, 11) is 0. The van der Waals surface area contributed by atoms with Crippen LogP contribution < -0.4 is 10.6 Å². The van der Waals surface area contributed by atoms with Gasteiger partial charge in [0.25, 0.3) is 0 Å². The molecule has 2 aliphatic heterocycles. The summed E-state index contributed by atoms with van der Waals surface area (Å²) in [5, 5.41) is 15.4. The Balaban J connectivity index is 0.000000257. The second-order valence-corrected chi connectivity index (χ2v) is 10.8. The van der Waals surface area contributed by atoms with Crippen molar-refractivity contribution in [2.45, 2.75) is 84.2 Å². The van der Waals surface area contributed by atoms with Crippen LogP contribution in [-0.2, 0) is 11.3 Å². The number of hydrogen-bond acceptors (Lipinski definition) is 5. The molecular weight excluding hydrogens is 420 g/mol. The zero-order valence-corrected chi connectivity index (χ0v) is 21.1. The standard InChI is InChI=1S/C16H24N2O2.C9H18N2O2/c1-16(2,3)18(15(19)20)14-9-10-17(12-14)11-13-7-5-4-6-8-13;1-9(2,3)13-8(12)11-7-4-5-10-6-7/h4-8,14H,9-12H2,1-3H3,(H,19,20);7,10H,4-6H2,1-3H3,(H,11,12). The summed E-state index contributed by atoms with van der Waals surface area (Å²) >= 11 is 0. The maximum Gasteiger partial charge on any atom is 0.408 e. The van der Waals surface area contributed by atoms with Crippen molar-refractivity contribution in [1.29, 1.82) is 0 Å². The third kappa shape index (κ3) is 9.60. The van der Waals surface area contributed by atoms with Gasteiger partial charge in [-0.15, -0.1) is 0 Å². The molecule has 1 aromatic carbocycles. The van der Waals surface area contributed by atoms with Gasteiger partial charge in [-0.25, -0.2) is 9.59 Å². The monoisotopic (exact) mass is 462 g/mol. The number of hydrogen-bond donors (Lipinski definition) is 3. The summed E-state index contributed by atoms with van der Waals surface area (Å²) in [6.45, 7) is 16.0. The number of likely N-dealkylation sites (tertiary alicyclic amines) is 1. The van der Waals surface area contributed by atoms with Gasteiger partial charge in [0.05, 0.1) is 0 Å². The summed E-state index contributed by atoms with van der Waals surface area (Å²) in [5.74, 6) is 0. The topological polar surface area (TPSA) is 94.1 Å². The minimum absolute atomic E-state index is 0.0937. The highest BCUT2D eigenvalue weighted by molar-refractivity contribution is 5.68. The number of amides is 2. The van der Waals surface area contributed by atoms with Gasteiger partial charge in [0.1, 0.15) is 5.60 Å². The minimum Gasteiger partial charge on any atom is -0.465 e. The Morgan fingerprint density at radius 1 is 1.15 bits per heavy atom. The van der Waals surface area contributed by atoms with Crippen molar-refractivity contribution in [2.75, 3.05) is 26.2 Å². The Hall–Kier alpha value is -2.32. The number of ether oxygens (including phenoxy) is 1. The Bertz CT molecular complexity index is 752. The number of benzene rings is 1. The average molecular weight is 463 g/mol. The van der Waals surface area contributed by atoms with E-state index in [1.54, 1.807) is 4.90 Å². The molecule has 0 aliphatic carbocycles. The van der Waals surface area contributed by atoms with Crippen LogP contribution in [0.3, 0.4) is 0 Å². The van der Waals surface area contributed by atoms with Crippen molar-refractivity contribution < 1.29 is 19.4 Å². The highest BCUT2D eigenvalue weighted by Crippen LogP contribution is 2.25. The molecule has 0 bridgehead atoms. The molecule has 2 fully saturated rings. The van der Waals surface area contributed by atoms with E-state index in [0.29, 0.717) is 0 Å². The van der Waals surface area contributed by atoms with Crippen LogP contribution >= 0.6 is 0 Å². The van der Waals surface area contributed by atoms with E-state index in [1.165, 1.54) is 5.56 Å². The van der Waals surface area contributed by atoms with Crippen LogP contribution in [0, 0.1) is 0 Å². The molecule has 2 unspecified atom stereocenters. The first-order valence-electron chi connectivity index (χ1n) is 11.8. The third-order valence-corrected chi connectivity index (χ3v) is 5.57. The fraction of sp³-hybridized carbons (Fsp3) is 0.680. The van der Waals surface area contributed by atoms with Gasteiger partial charge in [0.15, 0.2) is 0 Å². The van der Waals surface area contributed by atoms with Crippen LogP contribution in [0.15, 0.2) is 30.3 Å². The number of alkyl carbamates (subject to hydrolysis) is 1. The molecule has 2 saturated heterocycles. The second kappa shape index (κ2) is 11.7. The summed E-state index contributed by atoms with van der Waals surface area (Å²) in [5.41, 5.74) is 0.529. The highest BCUT2D eigenvalue weighted by Gasteiger charge is 2.37. The van der Waals surface area contributed by atoms with Crippen LogP contribution in [-0.4, -0.2) is 76.5 Å². The van der Waals surface area contributed by atoms with Gasteiger partial charge in [0.2, 0.25) is 0 Å².